The first-order valence-corrected chi connectivity index (χ1v) is 9.91. The van der Waals surface area contributed by atoms with E-state index in [4.69, 9.17) is 21.3 Å². The Hall–Kier alpha value is -2.33. The molecule has 1 saturated heterocycles. The molecule has 2 heterocycles. The first-order valence-electron chi connectivity index (χ1n) is 9.53. The Bertz CT molecular complexity index is 960. The topological polar surface area (TPSA) is 41.9 Å². The Morgan fingerprint density at radius 1 is 1.18 bits per heavy atom. The number of halogens is 1. The van der Waals surface area contributed by atoms with E-state index in [2.05, 4.69) is 20.8 Å². The number of likely N-dealkylation sites (tertiary alicyclic amines) is 1. The Labute approximate surface area is 171 Å². The van der Waals surface area contributed by atoms with E-state index >= 15 is 0 Å². The summed E-state index contributed by atoms with van der Waals surface area (Å²) < 4.78 is 5.23. The quantitative estimate of drug-likeness (QED) is 0.719. The normalized spacial score (nSPS) is 21.2. The van der Waals surface area contributed by atoms with Gasteiger partial charge in [-0.3, -0.25) is 9.79 Å². The van der Waals surface area contributed by atoms with Gasteiger partial charge >= 0.3 is 0 Å². The maximum absolute atomic E-state index is 13.0. The zero-order chi connectivity index (χ0) is 20.1. The summed E-state index contributed by atoms with van der Waals surface area (Å²) in [6.07, 6.45) is 0.437. The molecule has 0 aromatic heterocycles. The van der Waals surface area contributed by atoms with Crippen LogP contribution < -0.4 is 4.74 Å². The fourth-order valence-corrected chi connectivity index (χ4v) is 4.68. The molecule has 1 atom stereocenters. The number of methoxy groups -OCH3 is 1. The maximum Gasteiger partial charge on any atom is 0.224 e. The van der Waals surface area contributed by atoms with Crippen molar-refractivity contribution in [3.8, 4) is 5.75 Å². The minimum Gasteiger partial charge on any atom is -0.497 e. The molecule has 0 aliphatic carbocycles. The monoisotopic (exact) mass is 396 g/mol. The van der Waals surface area contributed by atoms with Gasteiger partial charge in [0, 0.05) is 35.7 Å². The van der Waals surface area contributed by atoms with Crippen LogP contribution in [-0.2, 0) is 16.8 Å². The van der Waals surface area contributed by atoms with Crippen LogP contribution >= 0.6 is 11.6 Å². The lowest BCUT2D eigenvalue weighted by Gasteiger charge is -2.34. The molecule has 0 saturated carbocycles. The average Bonchev–Trinajstić information content (AvgIpc) is 3.13. The largest absolute Gasteiger partial charge is 0.497 e. The third kappa shape index (κ3) is 3.10. The Balaban J connectivity index is 1.69. The molecule has 28 heavy (non-hydrogen) atoms. The number of nitrogens with zero attached hydrogens (tertiary/aromatic N) is 2. The molecule has 4 rings (SSSR count). The minimum absolute atomic E-state index is 0.137. The van der Waals surface area contributed by atoms with Gasteiger partial charge in [0.2, 0.25) is 5.91 Å². The second-order valence-electron chi connectivity index (χ2n) is 8.73. The number of carbonyl (C=O) groups is 1. The molecule has 2 aromatic rings. The van der Waals surface area contributed by atoms with Crippen LogP contribution in [0, 0.1) is 5.41 Å². The molecule has 4 nitrogen and oxygen atoms in total. The molecular formula is C23H25ClN2O2. The van der Waals surface area contributed by atoms with Gasteiger partial charge < -0.3 is 9.64 Å². The van der Waals surface area contributed by atoms with Crippen LogP contribution in [0.25, 0.3) is 0 Å². The first kappa shape index (κ1) is 19.0. The van der Waals surface area contributed by atoms with Gasteiger partial charge in [0.05, 0.1) is 18.2 Å². The molecule has 5 heteroatoms. The molecule has 1 spiro atoms. The summed E-state index contributed by atoms with van der Waals surface area (Å²) >= 11 is 6.32. The van der Waals surface area contributed by atoms with Crippen molar-refractivity contribution in [2.75, 3.05) is 13.7 Å². The molecule has 0 unspecified atom stereocenters. The lowest BCUT2D eigenvalue weighted by atomic mass is 9.68. The zero-order valence-electron chi connectivity index (χ0n) is 16.8. The first-order chi connectivity index (χ1) is 13.2. The fourth-order valence-electron chi connectivity index (χ4n) is 4.50. The standard InChI is InChI=1S/C23H25ClN2O2/c1-22(2,3)21-23(18-11-16(24)7-10-19(18)25-21)12-20(27)26(14-23)13-15-5-8-17(28-4)9-6-15/h5-11H,12-14H2,1-4H3/t23-/m1/s1. The minimum atomic E-state index is -0.401. The van der Waals surface area contributed by atoms with Crippen molar-refractivity contribution >= 4 is 28.9 Å². The van der Waals surface area contributed by atoms with Crippen LogP contribution in [0.5, 0.6) is 5.75 Å². The van der Waals surface area contributed by atoms with E-state index in [0.29, 0.717) is 24.5 Å². The predicted octanol–water partition coefficient (Wildman–Crippen LogP) is 5.15. The molecule has 1 fully saturated rings. The number of aliphatic imine (C=N–C) groups is 1. The van der Waals surface area contributed by atoms with E-state index in [9.17, 15) is 4.79 Å². The number of carbonyl (C=O) groups excluding carboxylic acids is 1. The number of ether oxygens (including phenoxy) is 1. The van der Waals surface area contributed by atoms with E-state index in [1.165, 1.54) is 0 Å². The lowest BCUT2D eigenvalue weighted by Crippen LogP contribution is -2.42. The van der Waals surface area contributed by atoms with Crippen molar-refractivity contribution in [3.05, 3.63) is 58.6 Å². The molecular weight excluding hydrogens is 372 g/mol. The summed E-state index contributed by atoms with van der Waals surface area (Å²) in [5.41, 5.74) is 3.64. The molecule has 0 N–H and O–H groups in total. The number of amides is 1. The van der Waals surface area contributed by atoms with E-state index in [1.54, 1.807) is 7.11 Å². The smallest absolute Gasteiger partial charge is 0.224 e. The molecule has 0 bridgehead atoms. The summed E-state index contributed by atoms with van der Waals surface area (Å²) in [6.45, 7) is 7.70. The van der Waals surface area contributed by atoms with Crippen LogP contribution in [0.15, 0.2) is 47.5 Å². The van der Waals surface area contributed by atoms with E-state index in [0.717, 1.165) is 28.3 Å². The van der Waals surface area contributed by atoms with Crippen molar-refractivity contribution < 1.29 is 9.53 Å². The summed E-state index contributed by atoms with van der Waals surface area (Å²) in [5, 5.41) is 0.685. The predicted molar refractivity (Wildman–Crippen MR) is 113 cm³/mol. The number of fused-ring (bicyclic) bond motifs is 2. The number of rotatable bonds is 3. The number of benzene rings is 2. The summed E-state index contributed by atoms with van der Waals surface area (Å²) in [4.78, 5) is 19.9. The second kappa shape index (κ2) is 6.63. The van der Waals surface area contributed by atoms with E-state index in [-0.39, 0.29) is 11.3 Å². The highest BCUT2D eigenvalue weighted by molar-refractivity contribution is 6.31. The van der Waals surface area contributed by atoms with Crippen LogP contribution in [0.3, 0.4) is 0 Å². The van der Waals surface area contributed by atoms with Crippen LogP contribution in [0.2, 0.25) is 5.02 Å². The maximum atomic E-state index is 13.0. The fraction of sp³-hybridized carbons (Fsp3) is 0.391. The van der Waals surface area contributed by atoms with Crippen molar-refractivity contribution in [1.29, 1.82) is 0 Å². The third-order valence-electron chi connectivity index (χ3n) is 5.67. The molecule has 1 amide bonds. The van der Waals surface area contributed by atoms with Gasteiger partial charge in [-0.05, 0) is 41.5 Å². The van der Waals surface area contributed by atoms with Gasteiger partial charge in [-0.2, -0.15) is 0 Å². The Morgan fingerprint density at radius 3 is 2.54 bits per heavy atom. The van der Waals surface area contributed by atoms with Crippen LogP contribution in [0.1, 0.15) is 38.3 Å². The average molecular weight is 397 g/mol. The van der Waals surface area contributed by atoms with Gasteiger partial charge in [-0.15, -0.1) is 0 Å². The SMILES string of the molecule is COc1ccc(CN2C[C@@]3(CC2=O)C(C(C)(C)C)=Nc2ccc(Cl)cc23)cc1. The molecule has 146 valence electrons. The summed E-state index contributed by atoms with van der Waals surface area (Å²) in [7, 11) is 1.65. The lowest BCUT2D eigenvalue weighted by molar-refractivity contribution is -0.128. The summed E-state index contributed by atoms with van der Waals surface area (Å²) in [5.74, 6) is 0.968. The molecule has 0 radical (unpaired) electrons. The number of hydrogen-bond donors (Lipinski definition) is 0. The Morgan fingerprint density at radius 2 is 1.89 bits per heavy atom. The van der Waals surface area contributed by atoms with Crippen molar-refractivity contribution in [2.24, 2.45) is 10.4 Å². The van der Waals surface area contributed by atoms with E-state index in [1.807, 2.05) is 47.4 Å². The third-order valence-corrected chi connectivity index (χ3v) is 5.90. The molecule has 2 aliphatic rings. The Kier molecular flexibility index (Phi) is 4.50. The second-order valence-corrected chi connectivity index (χ2v) is 9.17. The van der Waals surface area contributed by atoms with Crippen LogP contribution in [0.4, 0.5) is 5.69 Å². The molecule has 2 aromatic carbocycles. The summed E-state index contributed by atoms with van der Waals surface area (Å²) in [6, 6.07) is 13.7. The van der Waals surface area contributed by atoms with Crippen molar-refractivity contribution in [3.63, 3.8) is 0 Å². The van der Waals surface area contributed by atoms with E-state index < -0.39 is 5.41 Å². The van der Waals surface area contributed by atoms with Crippen LogP contribution in [-0.4, -0.2) is 30.2 Å². The van der Waals surface area contributed by atoms with Crippen molar-refractivity contribution in [2.45, 2.75) is 39.2 Å². The van der Waals surface area contributed by atoms with Gasteiger partial charge in [-0.25, -0.2) is 0 Å². The van der Waals surface area contributed by atoms with Gasteiger partial charge in [0.25, 0.3) is 0 Å². The highest BCUT2D eigenvalue weighted by Gasteiger charge is 2.54. The zero-order valence-corrected chi connectivity index (χ0v) is 17.5. The highest BCUT2D eigenvalue weighted by atomic mass is 35.5. The molecule has 2 aliphatic heterocycles. The van der Waals surface area contributed by atoms with Crippen molar-refractivity contribution in [1.82, 2.24) is 4.90 Å². The van der Waals surface area contributed by atoms with Gasteiger partial charge in [0.15, 0.2) is 0 Å². The van der Waals surface area contributed by atoms with Gasteiger partial charge in [0.1, 0.15) is 5.75 Å². The van der Waals surface area contributed by atoms with Gasteiger partial charge in [-0.1, -0.05) is 44.5 Å². The highest BCUT2D eigenvalue weighted by Crippen LogP contribution is 2.51. The number of hydrogen-bond acceptors (Lipinski definition) is 3.